The van der Waals surface area contributed by atoms with Gasteiger partial charge in [0.05, 0.1) is 6.07 Å². The summed E-state index contributed by atoms with van der Waals surface area (Å²) in [6, 6.07) is 8.98. The Balaban J connectivity index is 3.00. The first-order chi connectivity index (χ1) is 9.45. The molecule has 0 aliphatic carbocycles. The largest absolute Gasteiger partial charge is 0.399 e. The SMILES string of the molecule is CCCN(Cc1ccc(N)cc1)S(=O)(=O)C(C#N)CC. The summed E-state index contributed by atoms with van der Waals surface area (Å²) < 4.78 is 26.3. The molecule has 20 heavy (non-hydrogen) atoms. The van der Waals surface area contributed by atoms with E-state index in [4.69, 9.17) is 11.0 Å². The van der Waals surface area contributed by atoms with E-state index in [1.54, 1.807) is 31.2 Å². The Labute approximate surface area is 121 Å². The predicted octanol–water partition coefficient (Wildman–Crippen LogP) is 2.11. The lowest BCUT2D eigenvalue weighted by atomic mass is 10.2. The Morgan fingerprint density at radius 2 is 1.90 bits per heavy atom. The first-order valence-corrected chi connectivity index (χ1v) is 8.19. The summed E-state index contributed by atoms with van der Waals surface area (Å²) >= 11 is 0. The lowest BCUT2D eigenvalue weighted by molar-refractivity contribution is 0.401. The summed E-state index contributed by atoms with van der Waals surface area (Å²) in [7, 11) is -3.59. The molecule has 1 aromatic rings. The smallest absolute Gasteiger partial charge is 0.230 e. The van der Waals surface area contributed by atoms with Crippen LogP contribution in [0.4, 0.5) is 5.69 Å². The molecule has 0 fully saturated rings. The fraction of sp³-hybridized carbons (Fsp3) is 0.500. The zero-order valence-electron chi connectivity index (χ0n) is 11.9. The summed E-state index contributed by atoms with van der Waals surface area (Å²) in [6.07, 6.45) is 0.997. The van der Waals surface area contributed by atoms with Crippen LogP contribution in [0.15, 0.2) is 24.3 Å². The number of sulfonamides is 1. The summed E-state index contributed by atoms with van der Waals surface area (Å²) in [5, 5.41) is 8.03. The Morgan fingerprint density at radius 3 is 2.35 bits per heavy atom. The molecular formula is C14H21N3O2S. The molecule has 1 rings (SSSR count). The maximum Gasteiger partial charge on any atom is 0.230 e. The van der Waals surface area contributed by atoms with Gasteiger partial charge in [-0.3, -0.25) is 0 Å². The highest BCUT2D eigenvalue weighted by Gasteiger charge is 2.30. The zero-order chi connectivity index (χ0) is 15.2. The number of nitrogen functional groups attached to an aromatic ring is 1. The van der Waals surface area contributed by atoms with E-state index >= 15 is 0 Å². The molecule has 5 nitrogen and oxygen atoms in total. The number of hydrogen-bond acceptors (Lipinski definition) is 4. The number of rotatable bonds is 7. The van der Waals surface area contributed by atoms with E-state index in [-0.39, 0.29) is 6.54 Å². The molecule has 1 unspecified atom stereocenters. The molecule has 0 saturated heterocycles. The van der Waals surface area contributed by atoms with Crippen LogP contribution in [0.3, 0.4) is 0 Å². The van der Waals surface area contributed by atoms with Crippen LogP contribution < -0.4 is 5.73 Å². The van der Waals surface area contributed by atoms with Gasteiger partial charge in [0.15, 0.2) is 5.25 Å². The lowest BCUT2D eigenvalue weighted by Crippen LogP contribution is -2.38. The van der Waals surface area contributed by atoms with Crippen LogP contribution in [0.2, 0.25) is 0 Å². The van der Waals surface area contributed by atoms with Crippen molar-refractivity contribution in [2.75, 3.05) is 12.3 Å². The average Bonchev–Trinajstić information content (AvgIpc) is 2.41. The normalized spacial score (nSPS) is 13.1. The van der Waals surface area contributed by atoms with E-state index < -0.39 is 15.3 Å². The second kappa shape index (κ2) is 7.27. The second-order valence-corrected chi connectivity index (χ2v) is 6.76. The molecule has 6 heteroatoms. The maximum absolute atomic E-state index is 12.4. The number of nitriles is 1. The Kier molecular flexibility index (Phi) is 5.99. The van der Waals surface area contributed by atoms with E-state index in [1.807, 2.05) is 13.0 Å². The minimum absolute atomic E-state index is 0.272. The molecule has 2 N–H and O–H groups in total. The quantitative estimate of drug-likeness (QED) is 0.780. The topological polar surface area (TPSA) is 87.2 Å². The van der Waals surface area contributed by atoms with Crippen molar-refractivity contribution in [1.82, 2.24) is 4.31 Å². The first kappa shape index (κ1) is 16.5. The van der Waals surface area contributed by atoms with E-state index in [0.717, 1.165) is 5.56 Å². The van der Waals surface area contributed by atoms with Gasteiger partial charge in [0, 0.05) is 18.8 Å². The molecule has 0 aliphatic rings. The van der Waals surface area contributed by atoms with Gasteiger partial charge in [-0.05, 0) is 30.5 Å². The number of anilines is 1. The molecule has 0 heterocycles. The highest BCUT2D eigenvalue weighted by atomic mass is 32.2. The third-order valence-corrected chi connectivity index (χ3v) is 5.24. The van der Waals surface area contributed by atoms with Gasteiger partial charge in [-0.25, -0.2) is 8.42 Å². The van der Waals surface area contributed by atoms with Gasteiger partial charge in [-0.1, -0.05) is 26.0 Å². The van der Waals surface area contributed by atoms with Gasteiger partial charge in [0.25, 0.3) is 0 Å². The highest BCUT2D eigenvalue weighted by Crippen LogP contribution is 2.17. The Hall–Kier alpha value is -1.58. The average molecular weight is 295 g/mol. The Morgan fingerprint density at radius 1 is 1.30 bits per heavy atom. The van der Waals surface area contributed by atoms with Gasteiger partial charge in [-0.2, -0.15) is 9.57 Å². The molecular weight excluding hydrogens is 274 g/mol. The lowest BCUT2D eigenvalue weighted by Gasteiger charge is -2.24. The van der Waals surface area contributed by atoms with Crippen molar-refractivity contribution in [3.05, 3.63) is 29.8 Å². The molecule has 1 aromatic carbocycles. The van der Waals surface area contributed by atoms with Crippen molar-refractivity contribution in [3.8, 4) is 6.07 Å². The zero-order valence-corrected chi connectivity index (χ0v) is 12.7. The van der Waals surface area contributed by atoms with Crippen LogP contribution in [0.1, 0.15) is 32.3 Å². The highest BCUT2D eigenvalue weighted by molar-refractivity contribution is 7.89. The van der Waals surface area contributed by atoms with Crippen molar-refractivity contribution in [2.24, 2.45) is 0 Å². The van der Waals surface area contributed by atoms with E-state index in [2.05, 4.69) is 0 Å². The minimum Gasteiger partial charge on any atom is -0.399 e. The van der Waals surface area contributed by atoms with Crippen molar-refractivity contribution in [1.29, 1.82) is 5.26 Å². The molecule has 0 amide bonds. The van der Waals surface area contributed by atoms with Gasteiger partial charge >= 0.3 is 0 Å². The molecule has 0 saturated carbocycles. The van der Waals surface area contributed by atoms with Crippen molar-refractivity contribution in [3.63, 3.8) is 0 Å². The molecule has 0 bridgehead atoms. The number of hydrogen-bond donors (Lipinski definition) is 1. The Bertz CT molecular complexity index is 561. The summed E-state index contributed by atoms with van der Waals surface area (Å²) in [5.41, 5.74) is 7.12. The standard InChI is InChI=1S/C14H21N3O2S/c1-3-9-17(20(18,19)14(4-2)10-15)11-12-5-7-13(16)8-6-12/h5-8,14H,3-4,9,11,16H2,1-2H3. The third kappa shape index (κ3) is 3.95. The number of nitrogens with zero attached hydrogens (tertiary/aromatic N) is 2. The van der Waals surface area contributed by atoms with Crippen molar-refractivity contribution in [2.45, 2.75) is 38.5 Å². The minimum atomic E-state index is -3.59. The van der Waals surface area contributed by atoms with Crippen LogP contribution in [0.5, 0.6) is 0 Å². The summed E-state index contributed by atoms with van der Waals surface area (Å²) in [6.45, 7) is 4.30. The first-order valence-electron chi connectivity index (χ1n) is 6.68. The van der Waals surface area contributed by atoms with Crippen LogP contribution >= 0.6 is 0 Å². The molecule has 110 valence electrons. The predicted molar refractivity (Wildman–Crippen MR) is 80.2 cm³/mol. The van der Waals surface area contributed by atoms with Gasteiger partial charge in [0.1, 0.15) is 0 Å². The molecule has 1 atom stereocenters. The van der Waals surface area contributed by atoms with E-state index in [1.165, 1.54) is 4.31 Å². The molecule has 0 aliphatic heterocycles. The van der Waals surface area contributed by atoms with Crippen LogP contribution in [-0.4, -0.2) is 24.5 Å². The fourth-order valence-corrected chi connectivity index (χ4v) is 3.60. The third-order valence-electron chi connectivity index (χ3n) is 3.05. The van der Waals surface area contributed by atoms with Crippen LogP contribution in [-0.2, 0) is 16.6 Å². The maximum atomic E-state index is 12.4. The molecule has 0 radical (unpaired) electrons. The number of nitrogens with two attached hydrogens (primary N) is 1. The molecule has 0 aromatic heterocycles. The summed E-state index contributed by atoms with van der Waals surface area (Å²) in [4.78, 5) is 0. The van der Waals surface area contributed by atoms with Gasteiger partial charge in [-0.15, -0.1) is 0 Å². The van der Waals surface area contributed by atoms with Crippen LogP contribution in [0, 0.1) is 11.3 Å². The monoisotopic (exact) mass is 295 g/mol. The van der Waals surface area contributed by atoms with E-state index in [0.29, 0.717) is 25.1 Å². The second-order valence-electron chi connectivity index (χ2n) is 4.65. The number of benzene rings is 1. The van der Waals surface area contributed by atoms with Crippen LogP contribution in [0.25, 0.3) is 0 Å². The van der Waals surface area contributed by atoms with E-state index in [9.17, 15) is 8.42 Å². The van der Waals surface area contributed by atoms with Gasteiger partial charge < -0.3 is 5.73 Å². The molecule has 0 spiro atoms. The fourth-order valence-electron chi connectivity index (χ4n) is 1.92. The van der Waals surface area contributed by atoms with Crippen molar-refractivity contribution < 1.29 is 8.42 Å². The van der Waals surface area contributed by atoms with Gasteiger partial charge in [0.2, 0.25) is 10.0 Å². The summed E-state index contributed by atoms with van der Waals surface area (Å²) in [5.74, 6) is 0. The van der Waals surface area contributed by atoms with Crippen molar-refractivity contribution >= 4 is 15.7 Å².